The SMILES string of the molecule is Cc1ccc(S(=O)(=O)N[C@H](Cc2ccccc2)C(=O)Nc2ccc([C@@H]3O[C@H](CSc4nc5ccccc5s4)[C@H](C)[C@H](c4ccc(CO)cc4)O3)cc2)cc1. The van der Waals surface area contributed by atoms with Crippen LogP contribution in [0.2, 0.25) is 0 Å². The normalized spacial score (nSPS) is 19.4. The number of amides is 1. The van der Waals surface area contributed by atoms with Crippen molar-refractivity contribution in [1.29, 1.82) is 0 Å². The van der Waals surface area contributed by atoms with E-state index in [0.717, 1.165) is 42.4 Å². The molecule has 0 spiro atoms. The Labute approximate surface area is 323 Å². The Balaban J connectivity index is 1.09. The molecule has 0 saturated carbocycles. The number of nitrogens with one attached hydrogen (secondary N) is 2. The third-order valence-electron chi connectivity index (χ3n) is 9.45. The van der Waals surface area contributed by atoms with Crippen molar-refractivity contribution in [3.63, 3.8) is 0 Å². The molecular weight excluding hydrogens is 739 g/mol. The summed E-state index contributed by atoms with van der Waals surface area (Å²) in [5.74, 6) is 0.188. The van der Waals surface area contributed by atoms with E-state index < -0.39 is 28.3 Å². The van der Waals surface area contributed by atoms with Gasteiger partial charge in [-0.05, 0) is 66.4 Å². The Morgan fingerprint density at radius 2 is 1.54 bits per heavy atom. The zero-order valence-electron chi connectivity index (χ0n) is 29.8. The van der Waals surface area contributed by atoms with Gasteiger partial charge >= 0.3 is 0 Å². The van der Waals surface area contributed by atoms with Gasteiger partial charge in [-0.15, -0.1) is 11.3 Å². The fraction of sp³-hybridized carbons (Fsp3) is 0.238. The highest BCUT2D eigenvalue weighted by Gasteiger charge is 2.38. The van der Waals surface area contributed by atoms with Crippen LogP contribution in [0.4, 0.5) is 5.69 Å². The molecule has 5 atom stereocenters. The predicted octanol–water partition coefficient (Wildman–Crippen LogP) is 8.21. The molecule has 1 saturated heterocycles. The van der Waals surface area contributed by atoms with E-state index in [1.807, 2.05) is 91.9 Å². The molecule has 0 aliphatic carbocycles. The fourth-order valence-electron chi connectivity index (χ4n) is 6.34. The molecule has 1 amide bonds. The number of aryl methyl sites for hydroxylation is 1. The number of aliphatic hydroxyl groups is 1. The Bertz CT molecular complexity index is 2250. The number of thioether (sulfide) groups is 1. The minimum atomic E-state index is -3.99. The van der Waals surface area contributed by atoms with Crippen molar-refractivity contribution in [2.24, 2.45) is 5.92 Å². The van der Waals surface area contributed by atoms with Crippen LogP contribution in [0.3, 0.4) is 0 Å². The van der Waals surface area contributed by atoms with Crippen LogP contribution in [-0.2, 0) is 37.3 Å². The summed E-state index contributed by atoms with van der Waals surface area (Å²) in [6, 6.07) is 37.9. The lowest BCUT2D eigenvalue weighted by atomic mass is 9.91. The third-order valence-corrected chi connectivity index (χ3v) is 13.2. The second kappa shape index (κ2) is 17.0. The molecule has 3 N–H and O–H groups in total. The number of benzene rings is 5. The summed E-state index contributed by atoms with van der Waals surface area (Å²) in [6.45, 7) is 3.97. The van der Waals surface area contributed by atoms with Crippen molar-refractivity contribution in [1.82, 2.24) is 9.71 Å². The van der Waals surface area contributed by atoms with Gasteiger partial charge in [0.05, 0.1) is 33.9 Å². The summed E-state index contributed by atoms with van der Waals surface area (Å²) < 4.78 is 44.7. The maximum Gasteiger partial charge on any atom is 0.242 e. The van der Waals surface area contributed by atoms with Crippen LogP contribution >= 0.6 is 23.1 Å². The minimum absolute atomic E-state index is 0.00639. The van der Waals surface area contributed by atoms with Gasteiger partial charge in [-0.2, -0.15) is 4.72 Å². The number of anilines is 1. The van der Waals surface area contributed by atoms with Gasteiger partial charge in [-0.3, -0.25) is 4.79 Å². The Hall–Kier alpha value is -4.40. The Kier molecular flexibility index (Phi) is 11.9. The number of nitrogens with zero attached hydrogens (tertiary/aromatic N) is 1. The molecule has 2 heterocycles. The molecular formula is C42H41N3O6S3. The van der Waals surface area contributed by atoms with Crippen LogP contribution < -0.4 is 10.0 Å². The zero-order chi connectivity index (χ0) is 37.7. The molecule has 12 heteroatoms. The largest absolute Gasteiger partial charge is 0.392 e. The second-order valence-electron chi connectivity index (χ2n) is 13.4. The van der Waals surface area contributed by atoms with E-state index in [1.165, 1.54) is 12.1 Å². The molecule has 54 heavy (non-hydrogen) atoms. The van der Waals surface area contributed by atoms with Crippen LogP contribution in [0, 0.1) is 12.8 Å². The van der Waals surface area contributed by atoms with E-state index in [2.05, 4.69) is 23.0 Å². The molecule has 5 aromatic carbocycles. The van der Waals surface area contributed by atoms with Gasteiger partial charge in [-0.1, -0.05) is 115 Å². The lowest BCUT2D eigenvalue weighted by molar-refractivity contribution is -0.268. The molecule has 278 valence electrons. The monoisotopic (exact) mass is 779 g/mol. The van der Waals surface area contributed by atoms with Crippen molar-refractivity contribution >= 4 is 54.9 Å². The molecule has 6 aromatic rings. The number of para-hydroxylation sites is 1. The number of rotatable bonds is 13. The molecule has 7 rings (SSSR count). The topological polar surface area (TPSA) is 127 Å². The maximum absolute atomic E-state index is 13.7. The molecule has 0 radical (unpaired) electrons. The van der Waals surface area contributed by atoms with Gasteiger partial charge in [-0.25, -0.2) is 13.4 Å². The Morgan fingerprint density at radius 3 is 2.24 bits per heavy atom. The highest BCUT2D eigenvalue weighted by Crippen LogP contribution is 2.43. The van der Waals surface area contributed by atoms with Gasteiger partial charge in [0.1, 0.15) is 6.04 Å². The number of carbonyl (C=O) groups excluding carboxylic acids is 1. The fourth-order valence-corrected chi connectivity index (χ4v) is 9.79. The van der Waals surface area contributed by atoms with Gasteiger partial charge in [0.25, 0.3) is 0 Å². The number of hydrogen-bond donors (Lipinski definition) is 3. The van der Waals surface area contributed by atoms with Crippen molar-refractivity contribution in [3.8, 4) is 0 Å². The number of aromatic nitrogens is 1. The number of carbonyl (C=O) groups is 1. The van der Waals surface area contributed by atoms with Crippen LogP contribution in [0.15, 0.2) is 137 Å². The van der Waals surface area contributed by atoms with Gasteiger partial charge < -0.3 is 19.9 Å². The number of aliphatic hydroxyl groups excluding tert-OH is 1. The molecule has 1 aliphatic heterocycles. The standard InChI is InChI=1S/C42H41N3O6S3/c1-27-12-22-34(23-13-27)54(48,49)45-36(24-29-8-4-3-5-9-29)40(47)43-33-20-18-32(19-21-33)41-50-37(26-52-42-44-35-10-6-7-11-38(35)53-42)28(2)39(51-41)31-16-14-30(25-46)15-17-31/h3-23,28,36-37,39,41,45-46H,24-26H2,1-2H3,(H,43,47)/t28-,36+,37+,39+,41+/m0/s1. The van der Waals surface area contributed by atoms with Crippen LogP contribution in [-0.4, -0.2) is 42.3 Å². The molecule has 0 bridgehead atoms. The van der Waals surface area contributed by atoms with Gasteiger partial charge in [0.15, 0.2) is 10.6 Å². The van der Waals surface area contributed by atoms with E-state index in [-0.39, 0.29) is 36.0 Å². The first kappa shape index (κ1) is 37.9. The summed E-state index contributed by atoms with van der Waals surface area (Å²) in [4.78, 5) is 18.6. The first-order valence-corrected chi connectivity index (χ1v) is 21.0. The molecule has 1 aromatic heterocycles. The quantitative estimate of drug-likeness (QED) is 0.100. The molecule has 0 unspecified atom stereocenters. The number of sulfonamides is 1. The third kappa shape index (κ3) is 9.10. The van der Waals surface area contributed by atoms with Crippen LogP contribution in [0.5, 0.6) is 0 Å². The molecule has 9 nitrogen and oxygen atoms in total. The summed E-state index contributed by atoms with van der Waals surface area (Å²) in [6.07, 6.45) is -0.990. The number of hydrogen-bond acceptors (Lipinski definition) is 9. The van der Waals surface area contributed by atoms with E-state index in [1.54, 1.807) is 47.4 Å². The highest BCUT2D eigenvalue weighted by atomic mass is 32.2. The highest BCUT2D eigenvalue weighted by molar-refractivity contribution is 8.01. The number of ether oxygens (including phenoxy) is 2. The predicted molar refractivity (Wildman–Crippen MR) is 214 cm³/mol. The second-order valence-corrected chi connectivity index (χ2v) is 17.4. The lowest BCUT2D eigenvalue weighted by Gasteiger charge is -2.41. The van der Waals surface area contributed by atoms with E-state index >= 15 is 0 Å². The zero-order valence-corrected chi connectivity index (χ0v) is 32.2. The average molecular weight is 780 g/mol. The summed E-state index contributed by atoms with van der Waals surface area (Å²) in [7, 11) is -3.99. The number of fused-ring (bicyclic) bond motifs is 1. The van der Waals surface area contributed by atoms with Crippen LogP contribution in [0.1, 0.15) is 47.1 Å². The summed E-state index contributed by atoms with van der Waals surface area (Å²) >= 11 is 3.33. The average Bonchev–Trinajstić information content (AvgIpc) is 3.61. The Morgan fingerprint density at radius 1 is 0.852 bits per heavy atom. The summed E-state index contributed by atoms with van der Waals surface area (Å²) in [5, 5.41) is 12.5. The van der Waals surface area contributed by atoms with Crippen molar-refractivity contribution in [3.05, 3.63) is 155 Å². The van der Waals surface area contributed by atoms with E-state index in [0.29, 0.717) is 11.4 Å². The lowest BCUT2D eigenvalue weighted by Crippen LogP contribution is -2.45. The molecule has 1 aliphatic rings. The maximum atomic E-state index is 13.7. The van der Waals surface area contributed by atoms with Crippen molar-refractivity contribution < 1.29 is 27.8 Å². The van der Waals surface area contributed by atoms with Gasteiger partial charge in [0, 0.05) is 22.9 Å². The van der Waals surface area contributed by atoms with Gasteiger partial charge in [0.2, 0.25) is 15.9 Å². The first-order valence-electron chi connectivity index (χ1n) is 17.7. The smallest absolute Gasteiger partial charge is 0.242 e. The van der Waals surface area contributed by atoms with Crippen molar-refractivity contribution in [2.75, 3.05) is 11.1 Å². The van der Waals surface area contributed by atoms with Crippen molar-refractivity contribution in [2.45, 2.75) is 60.7 Å². The van der Waals surface area contributed by atoms with E-state index in [9.17, 15) is 18.3 Å². The first-order chi connectivity index (χ1) is 26.1. The van der Waals surface area contributed by atoms with Crippen LogP contribution in [0.25, 0.3) is 10.2 Å². The van der Waals surface area contributed by atoms with E-state index in [4.69, 9.17) is 14.5 Å². The minimum Gasteiger partial charge on any atom is -0.392 e. The molecule has 1 fully saturated rings. The number of thiazole rings is 1. The summed E-state index contributed by atoms with van der Waals surface area (Å²) in [5.41, 5.74) is 5.81.